The number of likely N-dealkylation sites (tertiary alicyclic amines) is 1. The van der Waals surface area contributed by atoms with E-state index in [0.717, 1.165) is 73.3 Å². The molecule has 0 spiro atoms. The van der Waals surface area contributed by atoms with Gasteiger partial charge in [-0.2, -0.15) is 0 Å². The number of hydrogen-bond acceptors (Lipinski definition) is 11. The van der Waals surface area contributed by atoms with Gasteiger partial charge in [0.1, 0.15) is 23.7 Å². The minimum atomic E-state index is -1.94. The van der Waals surface area contributed by atoms with Crippen LogP contribution in [0.25, 0.3) is 10.4 Å². The Balaban J connectivity index is 0.851. The molecule has 3 aromatic carbocycles. The third kappa shape index (κ3) is 16.3. The zero-order valence-corrected chi connectivity index (χ0v) is 44.6. The zero-order chi connectivity index (χ0) is 52.7. The molecule has 396 valence electrons. The molecule has 1 saturated heterocycles. The van der Waals surface area contributed by atoms with Gasteiger partial charge in [0, 0.05) is 28.8 Å². The van der Waals surface area contributed by atoms with Crippen LogP contribution in [0.5, 0.6) is 5.75 Å². The number of benzene rings is 3. The molecule has 15 nitrogen and oxygen atoms in total. The molecule has 0 bridgehead atoms. The van der Waals surface area contributed by atoms with Crippen LogP contribution in [0.15, 0.2) is 54.0 Å². The summed E-state index contributed by atoms with van der Waals surface area (Å²) >= 11 is 3.40. The number of alkyl halides is 1. The van der Waals surface area contributed by atoms with Crippen molar-refractivity contribution in [2.24, 2.45) is 5.41 Å². The van der Waals surface area contributed by atoms with Crippen LogP contribution in [0, 0.1) is 33.4 Å². The standard InChI is InChI=1S/C52H65F4IN8O7S/c1-32-45(73-31-61-32)33-14-15-34(29-60-48(68)40-13-11-25-65(40)49(69)46(51(2,3)4)63-50(70)52(56)20-21-52)41(27-33)71-30-42(66)59-24-10-8-6-5-7-9-22-58-23-12-26-72-64-47(67)36-17-18-37(53)43(55)44(36)62-39-19-16-35(57)28-38(39)54/h14-19,27-28,31,40,46,58,62H,5-13,20-26,29-30H2,1-4H3,(H,59,66)(H,60,68)(H,63,70)(H,64,67)/t40-,46+/m0/s1. The highest BCUT2D eigenvalue weighted by Gasteiger charge is 2.53. The molecule has 1 aliphatic heterocycles. The number of amides is 5. The third-order valence-electron chi connectivity index (χ3n) is 12.6. The Morgan fingerprint density at radius 1 is 0.904 bits per heavy atom. The number of thiazole rings is 1. The predicted molar refractivity (Wildman–Crippen MR) is 279 cm³/mol. The molecule has 2 aliphatic rings. The fraction of sp³-hybridized carbons (Fsp3) is 0.500. The minimum Gasteiger partial charge on any atom is -0.483 e. The lowest BCUT2D eigenvalue weighted by atomic mass is 9.85. The predicted octanol–water partition coefficient (Wildman–Crippen LogP) is 8.70. The number of aryl methyl sites for hydroxylation is 1. The number of nitrogens with one attached hydrogen (secondary N) is 6. The van der Waals surface area contributed by atoms with E-state index in [9.17, 15) is 41.5 Å². The second-order valence-electron chi connectivity index (χ2n) is 19.4. The number of carbonyl (C=O) groups is 5. The van der Waals surface area contributed by atoms with Gasteiger partial charge in [-0.1, -0.05) is 58.6 Å². The first kappa shape index (κ1) is 56.9. The van der Waals surface area contributed by atoms with Crippen molar-refractivity contribution in [1.29, 1.82) is 0 Å². The van der Waals surface area contributed by atoms with Crippen LogP contribution in [0.3, 0.4) is 0 Å². The van der Waals surface area contributed by atoms with Gasteiger partial charge in [-0.05, 0) is 135 Å². The summed E-state index contributed by atoms with van der Waals surface area (Å²) in [5.74, 6) is -5.46. The van der Waals surface area contributed by atoms with E-state index < -0.39 is 64.0 Å². The van der Waals surface area contributed by atoms with Crippen molar-refractivity contribution < 1.29 is 51.1 Å². The van der Waals surface area contributed by atoms with Gasteiger partial charge >= 0.3 is 0 Å². The van der Waals surface area contributed by atoms with Crippen molar-refractivity contribution in [3.05, 3.63) is 91.9 Å². The number of rotatable bonds is 27. The molecule has 2 heterocycles. The lowest BCUT2D eigenvalue weighted by molar-refractivity contribution is -0.144. The SMILES string of the molecule is Cc1ncsc1-c1ccc(CNC(=O)[C@@H]2CCCN2C(=O)[C@@H](NC(=O)C2(F)CC2)C(C)(C)C)c(OCC(=O)NCCCCCCCCNCCCONC(=O)c2ccc(F)c(F)c2Nc2ccc(I)cc2F)c1. The van der Waals surface area contributed by atoms with Crippen molar-refractivity contribution in [3.63, 3.8) is 0 Å². The molecule has 6 N–H and O–H groups in total. The number of aromatic nitrogens is 1. The number of hydrogen-bond donors (Lipinski definition) is 6. The Morgan fingerprint density at radius 3 is 2.33 bits per heavy atom. The minimum absolute atomic E-state index is 0.0686. The topological polar surface area (TPSA) is 192 Å². The van der Waals surface area contributed by atoms with Crippen LogP contribution >= 0.6 is 33.9 Å². The first-order valence-electron chi connectivity index (χ1n) is 24.7. The molecule has 73 heavy (non-hydrogen) atoms. The molecule has 4 aromatic rings. The summed E-state index contributed by atoms with van der Waals surface area (Å²) in [5, 5.41) is 14.3. The van der Waals surface area contributed by atoms with Crippen LogP contribution in [0.1, 0.15) is 113 Å². The Bertz CT molecular complexity index is 2580. The first-order valence-corrected chi connectivity index (χ1v) is 26.7. The lowest BCUT2D eigenvalue weighted by Gasteiger charge is -2.35. The number of hydroxylamine groups is 1. The highest BCUT2D eigenvalue weighted by molar-refractivity contribution is 14.1. The normalized spacial score (nSPS) is 15.4. The molecule has 6 rings (SSSR count). The second kappa shape index (κ2) is 26.7. The number of ether oxygens (including phenoxy) is 1. The number of anilines is 2. The molecule has 21 heteroatoms. The Labute approximate surface area is 441 Å². The van der Waals surface area contributed by atoms with E-state index >= 15 is 0 Å². The van der Waals surface area contributed by atoms with Gasteiger partial charge in [-0.15, -0.1) is 11.3 Å². The molecular weight excluding hydrogens is 1080 g/mol. The maximum absolute atomic E-state index is 14.7. The van der Waals surface area contributed by atoms with Crippen LogP contribution in [-0.4, -0.2) is 96.6 Å². The Hall–Kier alpha value is -5.39. The van der Waals surface area contributed by atoms with Crippen molar-refractivity contribution in [2.45, 2.75) is 123 Å². The Kier molecular flexibility index (Phi) is 20.8. The van der Waals surface area contributed by atoms with Crippen LogP contribution in [0.2, 0.25) is 0 Å². The fourth-order valence-corrected chi connectivity index (χ4v) is 9.48. The number of nitrogens with zero attached hydrogens (tertiary/aromatic N) is 2. The quantitative estimate of drug-likeness (QED) is 0.0146. The summed E-state index contributed by atoms with van der Waals surface area (Å²) in [6.45, 7) is 9.54. The van der Waals surface area contributed by atoms with Gasteiger partial charge in [0.25, 0.3) is 17.7 Å². The maximum atomic E-state index is 14.7. The largest absolute Gasteiger partial charge is 0.483 e. The van der Waals surface area contributed by atoms with E-state index in [1.807, 2.05) is 47.7 Å². The summed E-state index contributed by atoms with van der Waals surface area (Å²) in [7, 11) is 0. The van der Waals surface area contributed by atoms with Gasteiger partial charge in [-0.3, -0.25) is 28.8 Å². The zero-order valence-electron chi connectivity index (χ0n) is 41.6. The first-order chi connectivity index (χ1) is 34.9. The van der Waals surface area contributed by atoms with E-state index in [2.05, 4.69) is 37.0 Å². The number of carbonyl (C=O) groups excluding carboxylic acids is 5. The molecule has 0 radical (unpaired) electrons. The second-order valence-corrected chi connectivity index (χ2v) is 21.5. The molecule has 1 saturated carbocycles. The van der Waals surface area contributed by atoms with Gasteiger partial charge in [-0.25, -0.2) is 28.0 Å². The van der Waals surface area contributed by atoms with Crippen LogP contribution in [0.4, 0.5) is 28.9 Å². The van der Waals surface area contributed by atoms with Crippen molar-refractivity contribution in [1.82, 2.24) is 36.6 Å². The monoisotopic (exact) mass is 1150 g/mol. The van der Waals surface area contributed by atoms with Crippen molar-refractivity contribution >= 4 is 74.8 Å². The van der Waals surface area contributed by atoms with E-state index in [1.165, 1.54) is 28.4 Å². The highest BCUT2D eigenvalue weighted by Crippen LogP contribution is 2.41. The Morgan fingerprint density at radius 2 is 1.63 bits per heavy atom. The van der Waals surface area contributed by atoms with Gasteiger partial charge in [0.05, 0.1) is 39.6 Å². The van der Waals surface area contributed by atoms with Crippen LogP contribution < -0.4 is 36.8 Å². The smallest absolute Gasteiger partial charge is 0.277 e. The average Bonchev–Trinajstić information content (AvgIpc) is 3.67. The maximum Gasteiger partial charge on any atom is 0.277 e. The third-order valence-corrected chi connectivity index (χ3v) is 14.3. The molecule has 2 atom stereocenters. The van der Waals surface area contributed by atoms with Gasteiger partial charge in [0.2, 0.25) is 11.8 Å². The average molecular weight is 1150 g/mol. The molecule has 2 fully saturated rings. The summed E-state index contributed by atoms with van der Waals surface area (Å²) in [6.07, 6.45) is 7.63. The number of halogens is 5. The molecule has 0 unspecified atom stereocenters. The lowest BCUT2D eigenvalue weighted by Crippen LogP contribution is -2.58. The summed E-state index contributed by atoms with van der Waals surface area (Å²) in [4.78, 5) is 78.0. The van der Waals surface area contributed by atoms with Crippen molar-refractivity contribution in [3.8, 4) is 16.2 Å². The summed E-state index contributed by atoms with van der Waals surface area (Å²) < 4.78 is 64.4. The molecule has 1 aromatic heterocycles. The summed E-state index contributed by atoms with van der Waals surface area (Å²) in [6, 6.07) is 9.86. The van der Waals surface area contributed by atoms with Gasteiger partial charge < -0.3 is 36.2 Å². The van der Waals surface area contributed by atoms with E-state index in [4.69, 9.17) is 9.57 Å². The molecular formula is C52H65F4IN8O7S. The summed E-state index contributed by atoms with van der Waals surface area (Å²) in [5.41, 5.74) is 2.78. The molecule has 1 aliphatic carbocycles. The molecule has 5 amide bonds. The number of unbranched alkanes of at least 4 members (excludes halogenated alkanes) is 5. The van der Waals surface area contributed by atoms with E-state index in [-0.39, 0.29) is 55.7 Å². The van der Waals surface area contributed by atoms with Crippen LogP contribution in [-0.2, 0) is 30.6 Å². The van der Waals surface area contributed by atoms with E-state index in [1.54, 1.807) is 32.3 Å². The van der Waals surface area contributed by atoms with Gasteiger partial charge in [0.15, 0.2) is 23.9 Å². The van der Waals surface area contributed by atoms with E-state index in [0.29, 0.717) is 53.8 Å². The fourth-order valence-electron chi connectivity index (χ4n) is 8.23. The highest BCUT2D eigenvalue weighted by atomic mass is 127. The van der Waals surface area contributed by atoms with Crippen molar-refractivity contribution in [2.75, 3.05) is 44.7 Å².